The first-order chi connectivity index (χ1) is 13.2. The third kappa shape index (κ3) is 6.23. The van der Waals surface area contributed by atoms with Crippen LogP contribution in [0.2, 0.25) is 0 Å². The van der Waals surface area contributed by atoms with Gasteiger partial charge in [-0.15, -0.1) is 0 Å². The van der Waals surface area contributed by atoms with Crippen molar-refractivity contribution in [2.75, 3.05) is 26.7 Å². The summed E-state index contributed by atoms with van der Waals surface area (Å²) in [7, 11) is 1.66. The number of methoxy groups -OCH3 is 1. The molecule has 1 aliphatic rings. The van der Waals surface area contributed by atoms with Crippen molar-refractivity contribution >= 4 is 11.8 Å². The van der Waals surface area contributed by atoms with Gasteiger partial charge >= 0.3 is 0 Å². The molecule has 0 saturated carbocycles. The van der Waals surface area contributed by atoms with Crippen LogP contribution >= 0.6 is 0 Å². The van der Waals surface area contributed by atoms with Crippen molar-refractivity contribution in [3.63, 3.8) is 0 Å². The van der Waals surface area contributed by atoms with E-state index in [1.54, 1.807) is 14.0 Å². The van der Waals surface area contributed by atoms with Gasteiger partial charge in [0.1, 0.15) is 11.8 Å². The van der Waals surface area contributed by atoms with Gasteiger partial charge in [-0.1, -0.05) is 39.3 Å². The maximum atomic E-state index is 12.6. The minimum Gasteiger partial charge on any atom is -0.497 e. The number of piperidine rings is 1. The first kappa shape index (κ1) is 22.2. The predicted molar refractivity (Wildman–Crippen MR) is 111 cm³/mol. The molecule has 2 atom stereocenters. The average molecular weight is 390 g/mol. The average Bonchev–Trinajstić information content (AvgIpc) is 2.68. The highest BCUT2D eigenvalue weighted by Crippen LogP contribution is 2.26. The van der Waals surface area contributed by atoms with Gasteiger partial charge in [-0.05, 0) is 50.6 Å². The van der Waals surface area contributed by atoms with Crippen LogP contribution in [0.25, 0.3) is 0 Å². The molecule has 6 heteroatoms. The number of carbonyl (C=O) groups is 2. The van der Waals surface area contributed by atoms with Crippen molar-refractivity contribution in [2.45, 2.75) is 59.0 Å². The number of ether oxygens (including phenoxy) is 1. The molecule has 1 fully saturated rings. The minimum atomic E-state index is -0.565. The van der Waals surface area contributed by atoms with Crippen molar-refractivity contribution in [3.8, 4) is 5.75 Å². The molecule has 156 valence electrons. The maximum Gasteiger partial charge on any atom is 0.242 e. The van der Waals surface area contributed by atoms with Crippen LogP contribution in [0, 0.1) is 5.41 Å². The van der Waals surface area contributed by atoms with Gasteiger partial charge in [0.05, 0.1) is 13.2 Å². The monoisotopic (exact) mass is 389 g/mol. The molecule has 1 saturated heterocycles. The zero-order chi connectivity index (χ0) is 20.7. The number of likely N-dealkylation sites (tertiary alicyclic amines) is 1. The highest BCUT2D eigenvalue weighted by Gasteiger charge is 2.27. The van der Waals surface area contributed by atoms with E-state index in [0.717, 1.165) is 24.4 Å². The number of nitrogens with zero attached hydrogens (tertiary/aromatic N) is 1. The molecule has 2 unspecified atom stereocenters. The summed E-state index contributed by atoms with van der Waals surface area (Å²) < 4.78 is 5.26. The third-order valence-corrected chi connectivity index (χ3v) is 5.22. The Bertz CT molecular complexity index is 646. The first-order valence-electron chi connectivity index (χ1n) is 10.2. The SMILES string of the molecule is COc1ccc(C(CNC(=O)C(C)NC(=O)C(C)(C)C)N2CCCCC2)cc1. The van der Waals surface area contributed by atoms with E-state index >= 15 is 0 Å². The lowest BCUT2D eigenvalue weighted by molar-refractivity contribution is -0.133. The molecule has 2 amide bonds. The zero-order valence-electron chi connectivity index (χ0n) is 17.9. The van der Waals surface area contributed by atoms with Gasteiger partial charge in [-0.3, -0.25) is 14.5 Å². The summed E-state index contributed by atoms with van der Waals surface area (Å²) in [6.07, 6.45) is 3.62. The summed E-state index contributed by atoms with van der Waals surface area (Å²) in [6.45, 7) is 9.81. The fourth-order valence-corrected chi connectivity index (χ4v) is 3.34. The highest BCUT2D eigenvalue weighted by atomic mass is 16.5. The van der Waals surface area contributed by atoms with Crippen LogP contribution < -0.4 is 15.4 Å². The molecule has 2 N–H and O–H groups in total. The fraction of sp³-hybridized carbons (Fsp3) is 0.636. The fourth-order valence-electron chi connectivity index (χ4n) is 3.34. The van der Waals surface area contributed by atoms with Gasteiger partial charge in [0.25, 0.3) is 0 Å². The van der Waals surface area contributed by atoms with Crippen LogP contribution in [0.5, 0.6) is 5.75 Å². The molecule has 1 aromatic carbocycles. The van der Waals surface area contributed by atoms with E-state index in [1.165, 1.54) is 19.3 Å². The molecule has 6 nitrogen and oxygen atoms in total. The van der Waals surface area contributed by atoms with Crippen LogP contribution in [0.1, 0.15) is 58.6 Å². The highest BCUT2D eigenvalue weighted by molar-refractivity contribution is 5.89. The van der Waals surface area contributed by atoms with E-state index < -0.39 is 11.5 Å². The lowest BCUT2D eigenvalue weighted by Crippen LogP contribution is -2.50. The topological polar surface area (TPSA) is 70.7 Å². The number of hydrogen-bond donors (Lipinski definition) is 2. The van der Waals surface area contributed by atoms with Crippen molar-refractivity contribution in [3.05, 3.63) is 29.8 Å². The number of carbonyl (C=O) groups excluding carboxylic acids is 2. The summed E-state index contributed by atoms with van der Waals surface area (Å²) in [5.74, 6) is 0.537. The number of amides is 2. The standard InChI is InChI=1S/C22H35N3O3/c1-16(24-21(27)22(2,3)4)20(26)23-15-19(25-13-7-6-8-14-25)17-9-11-18(28-5)12-10-17/h9-12,16,19H,6-8,13-15H2,1-5H3,(H,23,26)(H,24,27). The predicted octanol–water partition coefficient (Wildman–Crippen LogP) is 2.89. The second-order valence-corrected chi connectivity index (χ2v) is 8.58. The van der Waals surface area contributed by atoms with E-state index in [2.05, 4.69) is 27.7 Å². The molecule has 1 aromatic rings. The molecule has 0 bridgehead atoms. The summed E-state index contributed by atoms with van der Waals surface area (Å²) in [5.41, 5.74) is 0.642. The molecular weight excluding hydrogens is 354 g/mol. The van der Waals surface area contributed by atoms with Crippen LogP contribution in [-0.4, -0.2) is 49.5 Å². The lowest BCUT2D eigenvalue weighted by Gasteiger charge is -2.35. The Kier molecular flexibility index (Phi) is 7.87. The molecule has 1 aliphatic heterocycles. The molecular formula is C22H35N3O3. The van der Waals surface area contributed by atoms with Crippen LogP contribution in [0.3, 0.4) is 0 Å². The Balaban J connectivity index is 2.03. The number of hydrogen-bond acceptors (Lipinski definition) is 4. The van der Waals surface area contributed by atoms with E-state index in [-0.39, 0.29) is 17.9 Å². The molecule has 1 heterocycles. The third-order valence-electron chi connectivity index (χ3n) is 5.22. The normalized spacial score (nSPS) is 17.5. The van der Waals surface area contributed by atoms with Gasteiger partial charge in [-0.2, -0.15) is 0 Å². The van der Waals surface area contributed by atoms with Crippen molar-refractivity contribution in [1.82, 2.24) is 15.5 Å². The molecule has 2 rings (SSSR count). The van der Waals surface area contributed by atoms with Gasteiger partial charge < -0.3 is 15.4 Å². The Hall–Kier alpha value is -2.08. The second kappa shape index (κ2) is 9.92. The molecule has 0 aliphatic carbocycles. The van der Waals surface area contributed by atoms with E-state index in [0.29, 0.717) is 6.54 Å². The van der Waals surface area contributed by atoms with E-state index in [9.17, 15) is 9.59 Å². The van der Waals surface area contributed by atoms with Crippen LogP contribution in [-0.2, 0) is 9.59 Å². The van der Waals surface area contributed by atoms with E-state index in [4.69, 9.17) is 4.74 Å². The molecule has 28 heavy (non-hydrogen) atoms. The maximum absolute atomic E-state index is 12.6. The number of rotatable bonds is 7. The largest absolute Gasteiger partial charge is 0.497 e. The van der Waals surface area contributed by atoms with Gasteiger partial charge in [0.15, 0.2) is 0 Å². The zero-order valence-corrected chi connectivity index (χ0v) is 17.9. The van der Waals surface area contributed by atoms with Crippen molar-refractivity contribution in [2.24, 2.45) is 5.41 Å². The molecule has 0 radical (unpaired) electrons. The summed E-state index contributed by atoms with van der Waals surface area (Å²) in [6, 6.07) is 7.59. The van der Waals surface area contributed by atoms with Crippen LogP contribution in [0.15, 0.2) is 24.3 Å². The number of nitrogens with one attached hydrogen (secondary N) is 2. The smallest absolute Gasteiger partial charge is 0.242 e. The summed E-state index contributed by atoms with van der Waals surface area (Å²) >= 11 is 0. The quantitative estimate of drug-likeness (QED) is 0.752. The molecule has 0 spiro atoms. The Morgan fingerprint density at radius 2 is 1.71 bits per heavy atom. The summed E-state index contributed by atoms with van der Waals surface area (Å²) in [4.78, 5) is 27.1. The van der Waals surface area contributed by atoms with Gasteiger partial charge in [-0.25, -0.2) is 0 Å². The summed E-state index contributed by atoms with van der Waals surface area (Å²) in [5, 5.41) is 5.83. The van der Waals surface area contributed by atoms with Crippen LogP contribution in [0.4, 0.5) is 0 Å². The Morgan fingerprint density at radius 3 is 2.25 bits per heavy atom. The first-order valence-corrected chi connectivity index (χ1v) is 10.2. The number of benzene rings is 1. The second-order valence-electron chi connectivity index (χ2n) is 8.58. The van der Waals surface area contributed by atoms with E-state index in [1.807, 2.05) is 32.9 Å². The lowest BCUT2D eigenvalue weighted by atomic mass is 9.95. The minimum absolute atomic E-state index is 0.112. The van der Waals surface area contributed by atoms with Crippen molar-refractivity contribution in [1.29, 1.82) is 0 Å². The molecule has 0 aromatic heterocycles. The van der Waals surface area contributed by atoms with Crippen molar-refractivity contribution < 1.29 is 14.3 Å². The Labute approximate surface area is 169 Å². The van der Waals surface area contributed by atoms with Gasteiger partial charge in [0, 0.05) is 12.0 Å². The Morgan fingerprint density at radius 1 is 1.11 bits per heavy atom. The van der Waals surface area contributed by atoms with Gasteiger partial charge in [0.2, 0.25) is 11.8 Å².